The van der Waals surface area contributed by atoms with Gasteiger partial charge in [-0.1, -0.05) is 18.2 Å². The van der Waals surface area contributed by atoms with Gasteiger partial charge in [-0.2, -0.15) is 0 Å². The zero-order chi connectivity index (χ0) is 16.7. The van der Waals surface area contributed by atoms with Crippen LogP contribution in [0.2, 0.25) is 0 Å². The number of hydrogen-bond donors (Lipinski definition) is 1. The van der Waals surface area contributed by atoms with Gasteiger partial charge in [0.25, 0.3) is 0 Å². The molecule has 0 saturated carbocycles. The van der Waals surface area contributed by atoms with Crippen molar-refractivity contribution in [1.29, 1.82) is 0 Å². The van der Waals surface area contributed by atoms with Gasteiger partial charge >= 0.3 is 5.97 Å². The molecular weight excluding hydrogens is 298 g/mol. The first-order valence-corrected chi connectivity index (χ1v) is 7.53. The van der Waals surface area contributed by atoms with Crippen LogP contribution in [-0.2, 0) is 14.3 Å². The van der Waals surface area contributed by atoms with Crippen molar-refractivity contribution in [3.05, 3.63) is 35.9 Å². The number of aliphatic carboxylic acids is 1. The van der Waals surface area contributed by atoms with Crippen molar-refractivity contribution in [1.82, 2.24) is 4.90 Å². The first-order valence-electron chi connectivity index (χ1n) is 7.53. The lowest BCUT2D eigenvalue weighted by atomic mass is 10.1. The molecule has 0 bridgehead atoms. The minimum atomic E-state index is -1.02. The molecule has 1 heterocycles. The second-order valence-electron chi connectivity index (χ2n) is 5.28. The number of amides is 1. The fourth-order valence-corrected chi connectivity index (χ4v) is 2.59. The highest BCUT2D eigenvalue weighted by atomic mass is 16.5. The van der Waals surface area contributed by atoms with Crippen LogP contribution in [0.3, 0.4) is 0 Å². The SMILES string of the molecule is COc1ccccc1/C=C/C(=O)N(CC(=O)O)C1CCOCC1. The summed E-state index contributed by atoms with van der Waals surface area (Å²) < 4.78 is 10.5. The third kappa shape index (κ3) is 4.82. The monoisotopic (exact) mass is 319 g/mol. The number of carboxylic acid groups (broad SMARTS) is 1. The highest BCUT2D eigenvalue weighted by molar-refractivity contribution is 5.94. The van der Waals surface area contributed by atoms with E-state index in [4.69, 9.17) is 14.6 Å². The largest absolute Gasteiger partial charge is 0.496 e. The van der Waals surface area contributed by atoms with E-state index in [9.17, 15) is 9.59 Å². The Morgan fingerprint density at radius 3 is 2.70 bits per heavy atom. The zero-order valence-electron chi connectivity index (χ0n) is 13.1. The van der Waals surface area contributed by atoms with Crippen molar-refractivity contribution in [3.8, 4) is 5.75 Å². The van der Waals surface area contributed by atoms with E-state index in [1.54, 1.807) is 19.3 Å². The van der Waals surface area contributed by atoms with E-state index in [1.807, 2.05) is 18.2 Å². The van der Waals surface area contributed by atoms with Gasteiger partial charge in [0.1, 0.15) is 12.3 Å². The highest BCUT2D eigenvalue weighted by Gasteiger charge is 2.26. The summed E-state index contributed by atoms with van der Waals surface area (Å²) in [6, 6.07) is 7.22. The Kier molecular flexibility index (Phi) is 6.17. The molecule has 1 N–H and O–H groups in total. The molecule has 0 aliphatic carbocycles. The van der Waals surface area contributed by atoms with Crippen LogP contribution in [0.4, 0.5) is 0 Å². The van der Waals surface area contributed by atoms with Gasteiger partial charge in [-0.15, -0.1) is 0 Å². The third-order valence-electron chi connectivity index (χ3n) is 3.76. The van der Waals surface area contributed by atoms with Crippen LogP contribution >= 0.6 is 0 Å². The molecule has 124 valence electrons. The highest BCUT2D eigenvalue weighted by Crippen LogP contribution is 2.20. The molecule has 2 rings (SSSR count). The number of para-hydroxylation sites is 1. The summed E-state index contributed by atoms with van der Waals surface area (Å²) in [6.45, 7) is 0.786. The maximum Gasteiger partial charge on any atom is 0.323 e. The second-order valence-corrected chi connectivity index (χ2v) is 5.28. The number of carbonyl (C=O) groups is 2. The number of hydrogen-bond acceptors (Lipinski definition) is 4. The van der Waals surface area contributed by atoms with Crippen LogP contribution < -0.4 is 4.74 Å². The maximum atomic E-state index is 12.4. The Labute approximate surface area is 135 Å². The van der Waals surface area contributed by atoms with Gasteiger partial charge < -0.3 is 19.5 Å². The average Bonchev–Trinajstić information content (AvgIpc) is 2.58. The van der Waals surface area contributed by atoms with Crippen LogP contribution in [-0.4, -0.2) is 54.8 Å². The van der Waals surface area contributed by atoms with Gasteiger partial charge in [0.05, 0.1) is 7.11 Å². The quantitative estimate of drug-likeness (QED) is 0.809. The number of benzene rings is 1. The first-order chi connectivity index (χ1) is 11.1. The zero-order valence-corrected chi connectivity index (χ0v) is 13.1. The molecule has 0 spiro atoms. The summed E-state index contributed by atoms with van der Waals surface area (Å²) in [7, 11) is 1.56. The number of methoxy groups -OCH3 is 1. The van der Waals surface area contributed by atoms with E-state index in [-0.39, 0.29) is 18.5 Å². The minimum Gasteiger partial charge on any atom is -0.496 e. The molecule has 1 amide bonds. The Hall–Kier alpha value is -2.34. The van der Waals surface area contributed by atoms with Gasteiger partial charge in [-0.05, 0) is 25.0 Å². The minimum absolute atomic E-state index is 0.102. The molecule has 1 fully saturated rings. The molecule has 6 heteroatoms. The smallest absolute Gasteiger partial charge is 0.323 e. The fourth-order valence-electron chi connectivity index (χ4n) is 2.59. The predicted octanol–water partition coefficient (Wildman–Crippen LogP) is 1.80. The second kappa shape index (κ2) is 8.33. The molecule has 1 aromatic carbocycles. The molecular formula is C17H21NO5. The summed E-state index contributed by atoms with van der Waals surface area (Å²) in [5, 5.41) is 9.06. The van der Waals surface area contributed by atoms with E-state index < -0.39 is 5.97 Å². The Balaban J connectivity index is 2.13. The van der Waals surface area contributed by atoms with Crippen LogP contribution in [0.25, 0.3) is 6.08 Å². The van der Waals surface area contributed by atoms with Crippen molar-refractivity contribution in [3.63, 3.8) is 0 Å². The summed E-state index contributed by atoms with van der Waals surface area (Å²) in [4.78, 5) is 24.9. The van der Waals surface area contributed by atoms with Crippen molar-refractivity contribution < 1.29 is 24.2 Å². The number of carboxylic acids is 1. The van der Waals surface area contributed by atoms with Crippen LogP contribution in [0.15, 0.2) is 30.3 Å². The standard InChI is InChI=1S/C17H21NO5/c1-22-15-5-3-2-4-13(15)6-7-16(19)18(12-17(20)21)14-8-10-23-11-9-14/h2-7,14H,8-12H2,1H3,(H,20,21)/b7-6+. The molecule has 0 atom stereocenters. The van der Waals surface area contributed by atoms with Gasteiger partial charge in [-0.25, -0.2) is 0 Å². The molecule has 0 aromatic heterocycles. The van der Waals surface area contributed by atoms with Gasteiger partial charge in [0.2, 0.25) is 5.91 Å². The van der Waals surface area contributed by atoms with E-state index in [1.165, 1.54) is 11.0 Å². The molecule has 1 saturated heterocycles. The molecule has 1 aromatic rings. The molecule has 0 unspecified atom stereocenters. The number of rotatable bonds is 6. The number of nitrogens with zero attached hydrogens (tertiary/aromatic N) is 1. The normalized spacial score (nSPS) is 15.5. The lowest BCUT2D eigenvalue weighted by molar-refractivity contribution is -0.145. The molecule has 6 nitrogen and oxygen atoms in total. The van der Waals surface area contributed by atoms with Crippen LogP contribution in [0.5, 0.6) is 5.75 Å². The predicted molar refractivity (Wildman–Crippen MR) is 85.2 cm³/mol. The average molecular weight is 319 g/mol. The van der Waals surface area contributed by atoms with Gasteiger partial charge in [-0.3, -0.25) is 9.59 Å². The molecule has 23 heavy (non-hydrogen) atoms. The topological polar surface area (TPSA) is 76.1 Å². The summed E-state index contributed by atoms with van der Waals surface area (Å²) in [5.41, 5.74) is 0.769. The van der Waals surface area contributed by atoms with E-state index >= 15 is 0 Å². The van der Waals surface area contributed by atoms with Crippen LogP contribution in [0.1, 0.15) is 18.4 Å². The van der Waals surface area contributed by atoms with E-state index in [2.05, 4.69) is 0 Å². The van der Waals surface area contributed by atoms with Crippen molar-refractivity contribution in [2.45, 2.75) is 18.9 Å². The maximum absolute atomic E-state index is 12.4. The first kappa shape index (κ1) is 17.0. The van der Waals surface area contributed by atoms with Crippen molar-refractivity contribution >= 4 is 18.0 Å². The van der Waals surface area contributed by atoms with E-state index in [0.29, 0.717) is 31.8 Å². The molecule has 1 aliphatic rings. The fraction of sp³-hybridized carbons (Fsp3) is 0.412. The van der Waals surface area contributed by atoms with Crippen molar-refractivity contribution in [2.75, 3.05) is 26.9 Å². The van der Waals surface area contributed by atoms with Gasteiger partial charge in [0, 0.05) is 30.9 Å². The Morgan fingerprint density at radius 2 is 2.04 bits per heavy atom. The lowest BCUT2D eigenvalue weighted by Crippen LogP contribution is -2.45. The Morgan fingerprint density at radius 1 is 1.35 bits per heavy atom. The summed E-state index contributed by atoms with van der Waals surface area (Å²) in [6.07, 6.45) is 4.36. The number of carbonyl (C=O) groups excluding carboxylic acids is 1. The summed E-state index contributed by atoms with van der Waals surface area (Å²) in [5.74, 6) is -0.673. The third-order valence-corrected chi connectivity index (χ3v) is 3.76. The van der Waals surface area contributed by atoms with Gasteiger partial charge in [0.15, 0.2) is 0 Å². The molecule has 1 aliphatic heterocycles. The van der Waals surface area contributed by atoms with E-state index in [0.717, 1.165) is 5.56 Å². The lowest BCUT2D eigenvalue weighted by Gasteiger charge is -2.32. The van der Waals surface area contributed by atoms with Crippen LogP contribution in [0, 0.1) is 0 Å². The Bertz CT molecular complexity index is 578. The molecule has 0 radical (unpaired) electrons. The summed E-state index contributed by atoms with van der Waals surface area (Å²) >= 11 is 0. The van der Waals surface area contributed by atoms with Crippen molar-refractivity contribution in [2.24, 2.45) is 0 Å². The number of ether oxygens (including phenoxy) is 2.